The third-order valence-corrected chi connectivity index (χ3v) is 8.36. The largest absolute Gasteiger partial charge is 0.508 e. The Morgan fingerprint density at radius 2 is 1.80 bits per heavy atom. The number of carbonyl (C=O) groups excluding carboxylic acids is 1. The first kappa shape index (κ1) is 24.9. The van der Waals surface area contributed by atoms with Gasteiger partial charge < -0.3 is 20.3 Å². The van der Waals surface area contributed by atoms with Gasteiger partial charge in [-0.25, -0.2) is 0 Å². The number of primary amides is 1. The molecule has 1 atom stereocenters. The number of rotatable bonds is 9. The molecule has 1 aliphatic rings. The average Bonchev–Trinajstić information content (AvgIpc) is 2.86. The van der Waals surface area contributed by atoms with E-state index in [9.17, 15) is 14.1 Å². The van der Waals surface area contributed by atoms with Crippen LogP contribution in [0.4, 0.5) is 0 Å². The van der Waals surface area contributed by atoms with Crippen LogP contribution in [0.25, 0.3) is 11.1 Å². The van der Waals surface area contributed by atoms with Gasteiger partial charge in [0.25, 0.3) is 0 Å². The number of aromatic hydroxyl groups is 1. The number of aryl methyl sites for hydroxylation is 2. The van der Waals surface area contributed by atoms with E-state index >= 15 is 0 Å². The molecule has 4 rings (SSSR count). The Morgan fingerprint density at radius 3 is 2.49 bits per heavy atom. The zero-order chi connectivity index (χ0) is 24.8. The molecule has 184 valence electrons. The number of phenols is 1. The van der Waals surface area contributed by atoms with Crippen LogP contribution in [-0.2, 0) is 26.8 Å². The second-order valence-electron chi connectivity index (χ2n) is 8.92. The minimum absolute atomic E-state index is 0.270. The Morgan fingerprint density at radius 1 is 1.06 bits per heavy atom. The van der Waals surface area contributed by atoms with Crippen molar-refractivity contribution in [3.05, 3.63) is 77.9 Å². The molecule has 1 amide bonds. The Balaban J connectivity index is 1.32. The monoisotopic (exact) mass is 493 g/mol. The molecular weight excluding hydrogens is 462 g/mol. The minimum atomic E-state index is -1.55. The van der Waals surface area contributed by atoms with Gasteiger partial charge in [0.2, 0.25) is 5.91 Å². The molecule has 0 aliphatic carbocycles. The zero-order valence-electron chi connectivity index (χ0n) is 19.9. The van der Waals surface area contributed by atoms with Crippen molar-refractivity contribution in [1.29, 1.82) is 0 Å². The van der Waals surface area contributed by atoms with Crippen molar-refractivity contribution in [2.75, 3.05) is 19.8 Å². The molecule has 1 aliphatic heterocycles. The van der Waals surface area contributed by atoms with Crippen molar-refractivity contribution >= 4 is 16.7 Å². The summed E-state index contributed by atoms with van der Waals surface area (Å²) in [5, 5.41) is 9.90. The van der Waals surface area contributed by atoms with Crippen molar-refractivity contribution < 1.29 is 23.6 Å². The Labute approximate surface area is 208 Å². The van der Waals surface area contributed by atoms with Gasteiger partial charge in [-0.05, 0) is 91.3 Å². The average molecular weight is 494 g/mol. The molecule has 3 aromatic carbocycles. The summed E-state index contributed by atoms with van der Waals surface area (Å²) in [6.45, 7) is 3.27. The van der Waals surface area contributed by atoms with E-state index in [1.54, 1.807) is 36.4 Å². The van der Waals surface area contributed by atoms with Crippen LogP contribution in [0.15, 0.2) is 71.6 Å². The zero-order valence-corrected chi connectivity index (χ0v) is 20.7. The molecule has 1 heterocycles. The standard InChI is InChI=1S/C28H31NO5S/c1-20-16-23(19-24(30)17-20)22-6-2-4-21(18-22)5-3-13-34-25-7-9-26(10-8-25)35(32)28(27(29)31)11-14-33-15-12-28/h2,4,6-10,16-19,30H,3,5,11-15H2,1H3,(H2,29,31). The molecule has 7 heteroatoms. The van der Waals surface area contributed by atoms with Crippen LogP contribution in [0, 0.1) is 6.92 Å². The van der Waals surface area contributed by atoms with Crippen LogP contribution in [0.3, 0.4) is 0 Å². The first-order chi connectivity index (χ1) is 16.9. The van der Waals surface area contributed by atoms with Crippen LogP contribution >= 0.6 is 0 Å². The fourth-order valence-corrected chi connectivity index (χ4v) is 5.97. The van der Waals surface area contributed by atoms with Crippen molar-refractivity contribution in [2.24, 2.45) is 5.73 Å². The summed E-state index contributed by atoms with van der Waals surface area (Å²) in [7, 11) is -1.55. The van der Waals surface area contributed by atoms with Crippen LogP contribution in [0.2, 0.25) is 0 Å². The van der Waals surface area contributed by atoms with E-state index in [1.807, 2.05) is 19.1 Å². The second-order valence-corrected chi connectivity index (χ2v) is 10.7. The predicted molar refractivity (Wildman–Crippen MR) is 137 cm³/mol. The maximum Gasteiger partial charge on any atom is 0.236 e. The molecule has 1 unspecified atom stereocenters. The summed E-state index contributed by atoms with van der Waals surface area (Å²) in [4.78, 5) is 12.7. The van der Waals surface area contributed by atoms with Gasteiger partial charge in [0, 0.05) is 18.1 Å². The fourth-order valence-electron chi connectivity index (χ4n) is 4.41. The number of phenolic OH excluding ortho intramolecular Hbond substituents is 1. The number of nitrogens with two attached hydrogens (primary N) is 1. The molecular formula is C28H31NO5S. The Kier molecular flexibility index (Phi) is 7.88. The van der Waals surface area contributed by atoms with E-state index in [2.05, 4.69) is 18.2 Å². The molecule has 3 N–H and O–H groups in total. The number of carbonyl (C=O) groups is 1. The van der Waals surface area contributed by atoms with Crippen LogP contribution in [0.1, 0.15) is 30.4 Å². The molecule has 35 heavy (non-hydrogen) atoms. The summed E-state index contributed by atoms with van der Waals surface area (Å²) in [5.74, 6) is 0.420. The van der Waals surface area contributed by atoms with Gasteiger partial charge in [-0.15, -0.1) is 0 Å². The van der Waals surface area contributed by atoms with Crippen molar-refractivity contribution in [3.8, 4) is 22.6 Å². The highest BCUT2D eigenvalue weighted by Crippen LogP contribution is 2.32. The SMILES string of the molecule is Cc1cc(O)cc(-c2cccc(CCCOc3ccc(S(=O)C4(C(N)=O)CCOCC4)cc3)c2)c1. The van der Waals surface area contributed by atoms with Crippen molar-refractivity contribution in [2.45, 2.75) is 42.2 Å². The van der Waals surface area contributed by atoms with Gasteiger partial charge in [0.05, 0.1) is 17.4 Å². The van der Waals surface area contributed by atoms with Gasteiger partial charge in [-0.1, -0.05) is 30.3 Å². The van der Waals surface area contributed by atoms with Crippen LogP contribution in [-0.4, -0.2) is 39.8 Å². The fraction of sp³-hybridized carbons (Fsp3) is 0.321. The molecule has 0 saturated carbocycles. The summed E-state index contributed by atoms with van der Waals surface area (Å²) in [6, 6.07) is 20.9. The molecule has 6 nitrogen and oxygen atoms in total. The third kappa shape index (κ3) is 5.92. The van der Waals surface area contributed by atoms with Gasteiger partial charge in [-0.3, -0.25) is 9.00 Å². The highest BCUT2D eigenvalue weighted by atomic mass is 32.2. The number of ether oxygens (including phenoxy) is 2. The van der Waals surface area contributed by atoms with E-state index in [0.717, 1.165) is 29.5 Å². The lowest BCUT2D eigenvalue weighted by Crippen LogP contribution is -2.51. The topological polar surface area (TPSA) is 98.9 Å². The molecule has 1 fully saturated rings. The minimum Gasteiger partial charge on any atom is -0.508 e. The molecule has 0 radical (unpaired) electrons. The van der Waals surface area contributed by atoms with Gasteiger partial charge in [-0.2, -0.15) is 0 Å². The smallest absolute Gasteiger partial charge is 0.236 e. The van der Waals surface area contributed by atoms with E-state index in [-0.39, 0.29) is 5.75 Å². The van der Waals surface area contributed by atoms with Crippen molar-refractivity contribution in [3.63, 3.8) is 0 Å². The maximum absolute atomic E-state index is 13.2. The summed E-state index contributed by atoms with van der Waals surface area (Å²) in [5.41, 5.74) is 9.92. The maximum atomic E-state index is 13.2. The van der Waals surface area contributed by atoms with E-state index in [1.165, 1.54) is 5.56 Å². The van der Waals surface area contributed by atoms with Gasteiger partial charge in [0.1, 0.15) is 16.2 Å². The predicted octanol–water partition coefficient (Wildman–Crippen LogP) is 4.52. The quantitative estimate of drug-likeness (QED) is 0.427. The third-order valence-electron chi connectivity index (χ3n) is 6.34. The lowest BCUT2D eigenvalue weighted by Gasteiger charge is -2.33. The van der Waals surface area contributed by atoms with Crippen LogP contribution < -0.4 is 10.5 Å². The highest BCUT2D eigenvalue weighted by Gasteiger charge is 2.45. The summed E-state index contributed by atoms with van der Waals surface area (Å²) < 4.78 is 23.3. The Bertz CT molecular complexity index is 1180. The first-order valence-corrected chi connectivity index (χ1v) is 12.9. The number of hydrogen-bond donors (Lipinski definition) is 2. The lowest BCUT2D eigenvalue weighted by molar-refractivity contribution is -0.122. The van der Waals surface area contributed by atoms with E-state index in [4.69, 9.17) is 15.2 Å². The van der Waals surface area contributed by atoms with E-state index in [0.29, 0.717) is 43.3 Å². The Hall–Kier alpha value is -3.16. The molecule has 0 aromatic heterocycles. The molecule has 3 aromatic rings. The van der Waals surface area contributed by atoms with Gasteiger partial charge in [0.15, 0.2) is 0 Å². The molecule has 0 bridgehead atoms. The van der Waals surface area contributed by atoms with Crippen molar-refractivity contribution in [1.82, 2.24) is 0 Å². The summed E-state index contributed by atoms with van der Waals surface area (Å²) in [6.07, 6.45) is 2.41. The first-order valence-electron chi connectivity index (χ1n) is 11.8. The van der Waals surface area contributed by atoms with E-state index < -0.39 is 21.5 Å². The number of hydrogen-bond acceptors (Lipinski definition) is 5. The molecule has 1 saturated heterocycles. The summed E-state index contributed by atoms with van der Waals surface area (Å²) >= 11 is 0. The van der Waals surface area contributed by atoms with Gasteiger partial charge >= 0.3 is 0 Å². The second kappa shape index (κ2) is 11.1. The lowest BCUT2D eigenvalue weighted by atomic mass is 9.98. The normalized spacial score (nSPS) is 15.9. The number of benzene rings is 3. The molecule has 0 spiro atoms. The van der Waals surface area contributed by atoms with Crippen LogP contribution in [0.5, 0.6) is 11.5 Å². The highest BCUT2D eigenvalue weighted by molar-refractivity contribution is 7.87. The number of amides is 1.